The Morgan fingerprint density at radius 2 is 1.84 bits per heavy atom. The molecule has 0 bridgehead atoms. The van der Waals surface area contributed by atoms with Crippen molar-refractivity contribution in [3.63, 3.8) is 0 Å². The van der Waals surface area contributed by atoms with Crippen molar-refractivity contribution in [1.29, 1.82) is 5.26 Å². The van der Waals surface area contributed by atoms with Gasteiger partial charge in [0.05, 0.1) is 6.04 Å². The van der Waals surface area contributed by atoms with Crippen LogP contribution in [-0.4, -0.2) is 20.7 Å². The molecule has 1 atom stereocenters. The molecule has 0 saturated heterocycles. The molecule has 0 fully saturated rings. The van der Waals surface area contributed by atoms with Gasteiger partial charge < -0.3 is 5.32 Å². The Bertz CT molecular complexity index is 894. The molecule has 3 rings (SSSR count). The number of aromatic nitrogens is 3. The minimum atomic E-state index is -0.186. The Hall–Kier alpha value is -3.46. The molecule has 0 radical (unpaired) electrons. The van der Waals surface area contributed by atoms with E-state index in [4.69, 9.17) is 5.26 Å². The predicted octanol–water partition coefficient (Wildman–Crippen LogP) is 2.69. The van der Waals surface area contributed by atoms with Crippen LogP contribution in [0.25, 0.3) is 11.1 Å². The zero-order chi connectivity index (χ0) is 17.6. The van der Waals surface area contributed by atoms with Gasteiger partial charge in [-0.15, -0.1) is 5.10 Å². The van der Waals surface area contributed by atoms with Crippen molar-refractivity contribution in [3.05, 3.63) is 72.3 Å². The maximum absolute atomic E-state index is 12.1. The number of nitrogens with one attached hydrogen (secondary N) is 1. The van der Waals surface area contributed by atoms with E-state index in [0.717, 1.165) is 16.7 Å². The van der Waals surface area contributed by atoms with Crippen molar-refractivity contribution < 1.29 is 4.79 Å². The zero-order valence-corrected chi connectivity index (χ0v) is 13.8. The molecule has 0 saturated carbocycles. The minimum Gasteiger partial charge on any atom is -0.348 e. The van der Waals surface area contributed by atoms with Gasteiger partial charge in [0.1, 0.15) is 18.9 Å². The number of hydrogen-bond donors (Lipinski definition) is 1. The molecule has 6 nitrogen and oxygen atoms in total. The summed E-state index contributed by atoms with van der Waals surface area (Å²) in [6, 6.07) is 19.9. The van der Waals surface area contributed by atoms with E-state index in [-0.39, 0.29) is 24.3 Å². The molecule has 2 aromatic carbocycles. The maximum Gasteiger partial charge on any atom is 0.252 e. The lowest BCUT2D eigenvalue weighted by atomic mass is 10.0. The molecule has 124 valence electrons. The van der Waals surface area contributed by atoms with Crippen molar-refractivity contribution >= 4 is 5.91 Å². The average Bonchev–Trinajstić information content (AvgIpc) is 3.10. The van der Waals surface area contributed by atoms with E-state index in [1.165, 1.54) is 11.0 Å². The standard InChI is InChI=1S/C19H17N5O/c1-14(22-19(25)12-24-13-21-18(11-20)23-24)15-7-9-17(10-8-15)16-5-3-2-4-6-16/h2-10,13-14H,12H2,1H3,(H,22,25)/t14-/m0/s1. The van der Waals surface area contributed by atoms with Crippen LogP contribution in [0.1, 0.15) is 24.4 Å². The summed E-state index contributed by atoms with van der Waals surface area (Å²) in [4.78, 5) is 15.9. The van der Waals surface area contributed by atoms with Crippen LogP contribution in [0.4, 0.5) is 0 Å². The smallest absolute Gasteiger partial charge is 0.252 e. The highest BCUT2D eigenvalue weighted by atomic mass is 16.2. The molecule has 0 spiro atoms. The summed E-state index contributed by atoms with van der Waals surface area (Å²) < 4.78 is 1.35. The van der Waals surface area contributed by atoms with E-state index in [1.54, 1.807) is 0 Å². The van der Waals surface area contributed by atoms with E-state index in [9.17, 15) is 4.79 Å². The fraction of sp³-hybridized carbons (Fsp3) is 0.158. The number of hydrogen-bond acceptors (Lipinski definition) is 4. The third-order valence-electron chi connectivity index (χ3n) is 3.84. The Morgan fingerprint density at radius 3 is 2.48 bits per heavy atom. The quantitative estimate of drug-likeness (QED) is 0.779. The molecule has 6 heteroatoms. The molecule has 0 aliphatic rings. The number of carbonyl (C=O) groups excluding carboxylic acids is 1. The number of amides is 1. The second-order valence-corrected chi connectivity index (χ2v) is 5.65. The number of nitriles is 1. The van der Waals surface area contributed by atoms with Gasteiger partial charge in [-0.2, -0.15) is 5.26 Å². The lowest BCUT2D eigenvalue weighted by Crippen LogP contribution is -2.30. The highest BCUT2D eigenvalue weighted by Gasteiger charge is 2.11. The van der Waals surface area contributed by atoms with Gasteiger partial charge >= 0.3 is 0 Å². The zero-order valence-electron chi connectivity index (χ0n) is 13.8. The van der Waals surface area contributed by atoms with Gasteiger partial charge in [0.15, 0.2) is 0 Å². The van der Waals surface area contributed by atoms with Crippen LogP contribution in [0, 0.1) is 11.3 Å². The molecule has 1 N–H and O–H groups in total. The molecule has 3 aromatic rings. The van der Waals surface area contributed by atoms with Crippen LogP contribution in [-0.2, 0) is 11.3 Å². The van der Waals surface area contributed by atoms with Crippen molar-refractivity contribution in [3.8, 4) is 17.2 Å². The van der Waals surface area contributed by atoms with Crippen molar-refractivity contribution in [1.82, 2.24) is 20.1 Å². The monoisotopic (exact) mass is 331 g/mol. The van der Waals surface area contributed by atoms with Gasteiger partial charge in [0.2, 0.25) is 5.91 Å². The van der Waals surface area contributed by atoms with Crippen LogP contribution < -0.4 is 5.32 Å². The Kier molecular flexibility index (Phi) is 4.86. The van der Waals surface area contributed by atoms with E-state index < -0.39 is 0 Å². The summed E-state index contributed by atoms with van der Waals surface area (Å²) in [5.74, 6) is -0.133. The molecular weight excluding hydrogens is 314 g/mol. The minimum absolute atomic E-state index is 0.0289. The Balaban J connectivity index is 1.62. The topological polar surface area (TPSA) is 83.6 Å². The summed E-state index contributed by atoms with van der Waals surface area (Å²) in [6.45, 7) is 1.96. The summed E-state index contributed by atoms with van der Waals surface area (Å²) in [5.41, 5.74) is 3.31. The maximum atomic E-state index is 12.1. The number of rotatable bonds is 5. The fourth-order valence-electron chi connectivity index (χ4n) is 2.53. The molecule has 1 aromatic heterocycles. The van der Waals surface area contributed by atoms with Gasteiger partial charge in [0.25, 0.3) is 5.82 Å². The third-order valence-corrected chi connectivity index (χ3v) is 3.84. The normalized spacial score (nSPS) is 11.5. The van der Waals surface area contributed by atoms with Crippen LogP contribution in [0.15, 0.2) is 60.9 Å². The van der Waals surface area contributed by atoms with Crippen LogP contribution in [0.3, 0.4) is 0 Å². The van der Waals surface area contributed by atoms with Crippen molar-refractivity contribution in [2.45, 2.75) is 19.5 Å². The summed E-state index contributed by atoms with van der Waals surface area (Å²) in [6.07, 6.45) is 1.37. The second kappa shape index (κ2) is 7.41. The van der Waals surface area contributed by atoms with Crippen LogP contribution in [0.5, 0.6) is 0 Å². The lowest BCUT2D eigenvalue weighted by molar-refractivity contribution is -0.122. The fourth-order valence-corrected chi connectivity index (χ4v) is 2.53. The van der Waals surface area contributed by atoms with E-state index in [0.29, 0.717) is 0 Å². The second-order valence-electron chi connectivity index (χ2n) is 5.65. The number of carbonyl (C=O) groups is 1. The van der Waals surface area contributed by atoms with Gasteiger partial charge in [-0.1, -0.05) is 54.6 Å². The summed E-state index contributed by atoms with van der Waals surface area (Å²) >= 11 is 0. The molecular formula is C19H17N5O. The lowest BCUT2D eigenvalue weighted by Gasteiger charge is -2.15. The summed E-state index contributed by atoms with van der Waals surface area (Å²) in [7, 11) is 0. The average molecular weight is 331 g/mol. The van der Waals surface area contributed by atoms with Gasteiger partial charge in [-0.05, 0) is 23.6 Å². The third kappa shape index (κ3) is 4.09. The Labute approximate surface area is 145 Å². The summed E-state index contributed by atoms with van der Waals surface area (Å²) in [5, 5.41) is 15.5. The van der Waals surface area contributed by atoms with Gasteiger partial charge in [-0.25, -0.2) is 9.67 Å². The first-order chi connectivity index (χ1) is 12.2. The predicted molar refractivity (Wildman–Crippen MR) is 93.2 cm³/mol. The van der Waals surface area contributed by atoms with Gasteiger partial charge in [0, 0.05) is 0 Å². The molecule has 0 unspecified atom stereocenters. The largest absolute Gasteiger partial charge is 0.348 e. The van der Waals surface area contributed by atoms with Gasteiger partial charge in [-0.3, -0.25) is 4.79 Å². The molecule has 1 amide bonds. The first kappa shape index (κ1) is 16.4. The molecule has 0 aliphatic carbocycles. The Morgan fingerprint density at radius 1 is 1.16 bits per heavy atom. The van der Waals surface area contributed by atoms with Crippen molar-refractivity contribution in [2.24, 2.45) is 0 Å². The molecule has 1 heterocycles. The van der Waals surface area contributed by atoms with E-state index in [1.807, 2.05) is 55.5 Å². The van der Waals surface area contributed by atoms with Crippen molar-refractivity contribution in [2.75, 3.05) is 0 Å². The van der Waals surface area contributed by atoms with E-state index in [2.05, 4.69) is 27.5 Å². The highest BCUT2D eigenvalue weighted by molar-refractivity contribution is 5.76. The first-order valence-corrected chi connectivity index (χ1v) is 7.90. The molecule has 25 heavy (non-hydrogen) atoms. The SMILES string of the molecule is C[C@H](NC(=O)Cn1cnc(C#N)n1)c1ccc(-c2ccccc2)cc1. The van der Waals surface area contributed by atoms with E-state index >= 15 is 0 Å². The van der Waals surface area contributed by atoms with Crippen LogP contribution in [0.2, 0.25) is 0 Å². The number of nitrogens with zero attached hydrogens (tertiary/aromatic N) is 4. The molecule has 0 aliphatic heterocycles. The van der Waals surface area contributed by atoms with Crippen LogP contribution >= 0.6 is 0 Å². The number of benzene rings is 2. The first-order valence-electron chi connectivity index (χ1n) is 7.90. The highest BCUT2D eigenvalue weighted by Crippen LogP contribution is 2.21.